The Labute approximate surface area is 372 Å². The van der Waals surface area contributed by atoms with Gasteiger partial charge < -0.3 is 24.6 Å². The van der Waals surface area contributed by atoms with E-state index in [4.69, 9.17) is 23.6 Å². The van der Waals surface area contributed by atoms with E-state index in [1.165, 1.54) is 122 Å². The molecule has 3 atom stereocenters. The topological polar surface area (TPSA) is 149 Å². The van der Waals surface area contributed by atoms with E-state index in [0.29, 0.717) is 19.3 Å². The number of hydrogen-bond donors (Lipinski definition) is 3. The van der Waals surface area contributed by atoms with Crippen LogP contribution in [0.2, 0.25) is 0 Å². The zero-order valence-electron chi connectivity index (χ0n) is 38.6. The maximum atomic E-state index is 12.6. The van der Waals surface area contributed by atoms with E-state index >= 15 is 0 Å². The fourth-order valence-electron chi connectivity index (χ4n) is 6.39. The molecular weight excluding hydrogens is 792 g/mol. The molecule has 0 aromatic rings. The van der Waals surface area contributed by atoms with Crippen molar-refractivity contribution in [3.05, 3.63) is 60.8 Å². The van der Waals surface area contributed by atoms with E-state index < -0.39 is 51.8 Å². The summed E-state index contributed by atoms with van der Waals surface area (Å²) < 4.78 is 32.7. The van der Waals surface area contributed by atoms with Gasteiger partial charge in [0.15, 0.2) is 6.10 Å². The second-order valence-corrected chi connectivity index (χ2v) is 17.6. The summed E-state index contributed by atoms with van der Waals surface area (Å²) in [5, 5.41) is 18.4. The lowest BCUT2D eigenvalue weighted by Crippen LogP contribution is -2.29. The smallest absolute Gasteiger partial charge is 0.462 e. The molecule has 0 rings (SSSR count). The number of phosphoric acid groups is 1. The summed E-state index contributed by atoms with van der Waals surface area (Å²) in [6, 6.07) is 0. The van der Waals surface area contributed by atoms with Crippen molar-refractivity contribution in [1.82, 2.24) is 0 Å². The summed E-state index contributed by atoms with van der Waals surface area (Å²) in [5.74, 6) is -0.992. The third-order valence-corrected chi connectivity index (χ3v) is 11.1. The Morgan fingerprint density at radius 1 is 0.492 bits per heavy atom. The van der Waals surface area contributed by atoms with Gasteiger partial charge in [-0.1, -0.05) is 177 Å². The van der Waals surface area contributed by atoms with Gasteiger partial charge in [0.1, 0.15) is 12.7 Å². The highest BCUT2D eigenvalue weighted by Crippen LogP contribution is 2.43. The van der Waals surface area contributed by atoms with E-state index in [9.17, 15) is 24.2 Å². The van der Waals surface area contributed by atoms with Crippen molar-refractivity contribution < 1.29 is 47.8 Å². The quantitative estimate of drug-likeness (QED) is 0.0233. The Morgan fingerprint density at radius 3 is 1.36 bits per heavy atom. The van der Waals surface area contributed by atoms with Crippen molar-refractivity contribution in [3.63, 3.8) is 0 Å². The van der Waals surface area contributed by atoms with Crippen LogP contribution in [-0.4, -0.2) is 65.7 Å². The largest absolute Gasteiger partial charge is 0.472 e. The van der Waals surface area contributed by atoms with Gasteiger partial charge in [0.05, 0.1) is 19.8 Å². The van der Waals surface area contributed by atoms with Crippen molar-refractivity contribution in [2.75, 3.05) is 26.4 Å². The molecule has 0 aliphatic rings. The Bertz CT molecular complexity index is 1200. The second kappa shape index (κ2) is 45.7. The van der Waals surface area contributed by atoms with Gasteiger partial charge in [0, 0.05) is 12.8 Å². The van der Waals surface area contributed by atoms with Crippen LogP contribution < -0.4 is 0 Å². The average Bonchev–Trinajstić information content (AvgIpc) is 3.25. The SMILES string of the molecule is CCCCCC/C=C/CCCCCCCCCCCC(=O)OC[C@H](COP(=O)(O)OC[C@@H](O)CO)OC(=O)CCC/C=C/C/C=C/C/C=C/C/C=C/CCCCCCCCC. The van der Waals surface area contributed by atoms with Gasteiger partial charge in [-0.05, 0) is 77.0 Å². The summed E-state index contributed by atoms with van der Waals surface area (Å²) in [7, 11) is -4.64. The number of esters is 2. The Balaban J connectivity index is 4.33. The van der Waals surface area contributed by atoms with E-state index in [1.54, 1.807) is 0 Å². The van der Waals surface area contributed by atoms with Crippen molar-refractivity contribution in [1.29, 1.82) is 0 Å². The second-order valence-electron chi connectivity index (χ2n) is 16.1. The molecule has 61 heavy (non-hydrogen) atoms. The summed E-state index contributed by atoms with van der Waals surface area (Å²) in [6.45, 7) is 2.31. The number of phosphoric ester groups is 1. The molecular formula is C50H89O10P. The van der Waals surface area contributed by atoms with Crippen LogP contribution in [0.4, 0.5) is 0 Å². The highest BCUT2D eigenvalue weighted by atomic mass is 31.2. The van der Waals surface area contributed by atoms with E-state index in [2.05, 4.69) is 68.5 Å². The van der Waals surface area contributed by atoms with Crippen molar-refractivity contribution in [2.24, 2.45) is 0 Å². The molecule has 1 unspecified atom stereocenters. The molecule has 354 valence electrons. The predicted molar refractivity (Wildman–Crippen MR) is 251 cm³/mol. The van der Waals surface area contributed by atoms with Crippen LogP contribution in [0.15, 0.2) is 60.8 Å². The van der Waals surface area contributed by atoms with Gasteiger partial charge in [-0.2, -0.15) is 0 Å². The first-order valence-corrected chi connectivity index (χ1v) is 25.7. The van der Waals surface area contributed by atoms with Crippen LogP contribution in [0, 0.1) is 0 Å². The fourth-order valence-corrected chi connectivity index (χ4v) is 7.18. The monoisotopic (exact) mass is 881 g/mol. The van der Waals surface area contributed by atoms with Crippen LogP contribution >= 0.6 is 7.82 Å². The third-order valence-electron chi connectivity index (χ3n) is 10.1. The number of allylic oxidation sites excluding steroid dienone is 10. The number of rotatable bonds is 45. The molecule has 0 aromatic heterocycles. The molecule has 10 nitrogen and oxygen atoms in total. The summed E-state index contributed by atoms with van der Waals surface area (Å²) in [6.07, 6.45) is 51.9. The van der Waals surface area contributed by atoms with Crippen LogP contribution in [0.5, 0.6) is 0 Å². The molecule has 0 saturated carbocycles. The van der Waals surface area contributed by atoms with E-state index in [0.717, 1.165) is 38.5 Å². The lowest BCUT2D eigenvalue weighted by molar-refractivity contribution is -0.161. The third kappa shape index (κ3) is 45.5. The number of hydrogen-bond acceptors (Lipinski definition) is 9. The molecule has 0 aliphatic carbocycles. The molecule has 0 heterocycles. The van der Waals surface area contributed by atoms with E-state index in [-0.39, 0.29) is 19.4 Å². The fraction of sp³-hybridized carbons (Fsp3) is 0.760. The molecule has 0 amide bonds. The van der Waals surface area contributed by atoms with Gasteiger partial charge in [0.2, 0.25) is 0 Å². The van der Waals surface area contributed by atoms with Gasteiger partial charge in [-0.15, -0.1) is 0 Å². The Kier molecular flexibility index (Phi) is 43.9. The number of aliphatic hydroxyl groups excluding tert-OH is 2. The number of carbonyl (C=O) groups excluding carboxylic acids is 2. The normalized spacial score (nSPS) is 14.2. The van der Waals surface area contributed by atoms with Gasteiger partial charge in [-0.25, -0.2) is 4.57 Å². The Hall–Kier alpha value is -2.33. The highest BCUT2D eigenvalue weighted by Gasteiger charge is 2.27. The molecule has 0 aliphatic heterocycles. The molecule has 0 spiro atoms. The zero-order valence-corrected chi connectivity index (χ0v) is 39.5. The van der Waals surface area contributed by atoms with Gasteiger partial charge in [0.25, 0.3) is 0 Å². The molecule has 0 radical (unpaired) electrons. The van der Waals surface area contributed by atoms with Gasteiger partial charge in [-0.3, -0.25) is 18.6 Å². The van der Waals surface area contributed by atoms with Crippen LogP contribution in [0.25, 0.3) is 0 Å². The summed E-state index contributed by atoms with van der Waals surface area (Å²) in [4.78, 5) is 35.1. The number of unbranched alkanes of at least 4 members (excludes halogenated alkanes) is 21. The number of ether oxygens (including phenoxy) is 2. The molecule has 11 heteroatoms. The first-order valence-electron chi connectivity index (χ1n) is 24.2. The van der Waals surface area contributed by atoms with E-state index in [1.807, 2.05) is 6.08 Å². The minimum absolute atomic E-state index is 0.107. The van der Waals surface area contributed by atoms with Crippen LogP contribution in [0.3, 0.4) is 0 Å². The van der Waals surface area contributed by atoms with Crippen molar-refractivity contribution in [3.8, 4) is 0 Å². The maximum absolute atomic E-state index is 12.6. The summed E-state index contributed by atoms with van der Waals surface area (Å²) in [5.41, 5.74) is 0. The van der Waals surface area contributed by atoms with Crippen LogP contribution in [-0.2, 0) is 32.7 Å². The number of carbonyl (C=O) groups is 2. The Morgan fingerprint density at radius 2 is 0.869 bits per heavy atom. The van der Waals surface area contributed by atoms with Crippen molar-refractivity contribution >= 4 is 19.8 Å². The average molecular weight is 881 g/mol. The zero-order chi connectivity index (χ0) is 44.8. The number of aliphatic hydroxyl groups is 2. The maximum Gasteiger partial charge on any atom is 0.472 e. The highest BCUT2D eigenvalue weighted by molar-refractivity contribution is 7.47. The minimum Gasteiger partial charge on any atom is -0.462 e. The van der Waals surface area contributed by atoms with Crippen molar-refractivity contribution in [2.45, 2.75) is 219 Å². The first kappa shape index (κ1) is 58.7. The van der Waals surface area contributed by atoms with Gasteiger partial charge >= 0.3 is 19.8 Å². The molecule has 0 aromatic carbocycles. The lowest BCUT2D eigenvalue weighted by Gasteiger charge is -2.20. The standard InChI is InChI=1S/C50H89O10P/c1-3-5-7-9-11-13-15-17-19-21-22-23-24-26-28-30-32-34-36-38-40-42-50(54)60-48(46-59-61(55,56)58-44-47(52)43-51)45-57-49(53)41-39-37-35-33-31-29-27-25-20-18-16-14-12-10-8-6-4-2/h14,16,19,21,23-24,28,30,34,36,47-48,51-52H,3-13,15,17-18,20,22,25-27,29,31-33,35,37-46H2,1-2H3,(H,55,56)/b16-14+,21-19+,24-23+,30-28+,36-34+/t47-,48+/m0/s1. The summed E-state index contributed by atoms with van der Waals surface area (Å²) >= 11 is 0. The molecule has 0 saturated heterocycles. The molecule has 0 bridgehead atoms. The predicted octanol–water partition coefficient (Wildman–Crippen LogP) is 13.5. The van der Waals surface area contributed by atoms with Crippen LogP contribution in [0.1, 0.15) is 206 Å². The lowest BCUT2D eigenvalue weighted by atomic mass is 10.1. The molecule has 0 fully saturated rings. The molecule has 3 N–H and O–H groups in total. The minimum atomic E-state index is -4.64. The first-order chi connectivity index (χ1) is 29.7.